The molecule has 0 saturated carbocycles. The van der Waals surface area contributed by atoms with Gasteiger partial charge in [-0.3, -0.25) is 9.97 Å². The summed E-state index contributed by atoms with van der Waals surface area (Å²) >= 11 is 0. The van der Waals surface area contributed by atoms with Gasteiger partial charge in [-0.25, -0.2) is 4.98 Å². The second kappa shape index (κ2) is 3.41. The van der Waals surface area contributed by atoms with Crippen molar-refractivity contribution < 1.29 is 0 Å². The number of imidazole rings is 1. The molecule has 3 rings (SSSR count). The van der Waals surface area contributed by atoms with E-state index < -0.39 is 0 Å². The molecule has 0 saturated heterocycles. The highest BCUT2D eigenvalue weighted by atomic mass is 14.9. The summed E-state index contributed by atoms with van der Waals surface area (Å²) in [5.74, 6) is 0.841. The minimum atomic E-state index is 0.841. The van der Waals surface area contributed by atoms with Gasteiger partial charge in [0.25, 0.3) is 0 Å². The van der Waals surface area contributed by atoms with Crippen LogP contribution in [0.3, 0.4) is 0 Å². The first-order valence-corrected chi connectivity index (χ1v) is 5.06. The molecule has 1 N–H and O–H groups in total. The van der Waals surface area contributed by atoms with E-state index in [1.807, 2.05) is 25.1 Å². The van der Waals surface area contributed by atoms with E-state index in [1.54, 1.807) is 18.6 Å². The van der Waals surface area contributed by atoms with Crippen LogP contribution in [0.1, 0.15) is 5.69 Å². The van der Waals surface area contributed by atoms with Crippen molar-refractivity contribution in [3.63, 3.8) is 0 Å². The average Bonchev–Trinajstić information content (AvgIpc) is 2.73. The van der Waals surface area contributed by atoms with Crippen molar-refractivity contribution >= 4 is 11.0 Å². The van der Waals surface area contributed by atoms with Gasteiger partial charge in [-0.15, -0.1) is 0 Å². The molecular formula is C12H10N4. The Morgan fingerprint density at radius 1 is 1.19 bits per heavy atom. The lowest BCUT2D eigenvalue weighted by Crippen LogP contribution is -1.87. The third-order valence-electron chi connectivity index (χ3n) is 2.55. The summed E-state index contributed by atoms with van der Waals surface area (Å²) in [6.07, 6.45) is 5.30. The Morgan fingerprint density at radius 3 is 2.94 bits per heavy atom. The largest absolute Gasteiger partial charge is 0.337 e. The molecule has 0 aliphatic carbocycles. The second-order valence-electron chi connectivity index (χ2n) is 3.61. The molecule has 0 atom stereocenters. The number of fused-ring (bicyclic) bond motifs is 1. The molecule has 3 heterocycles. The molecule has 0 unspecified atom stereocenters. The fourth-order valence-electron chi connectivity index (χ4n) is 1.72. The standard InChI is InChI=1S/C12H10N4/c1-8-9(3-2-5-14-8)12-15-10-4-6-13-7-11(10)16-12/h2-7H,1H3,(H,15,16). The number of hydrogen-bond donors (Lipinski definition) is 1. The Hall–Kier alpha value is -2.23. The van der Waals surface area contributed by atoms with Crippen molar-refractivity contribution in [1.82, 2.24) is 19.9 Å². The summed E-state index contributed by atoms with van der Waals surface area (Å²) in [5, 5.41) is 0. The minimum Gasteiger partial charge on any atom is -0.337 e. The molecule has 16 heavy (non-hydrogen) atoms. The summed E-state index contributed by atoms with van der Waals surface area (Å²) < 4.78 is 0. The third kappa shape index (κ3) is 1.35. The summed E-state index contributed by atoms with van der Waals surface area (Å²) in [4.78, 5) is 16.1. The highest BCUT2D eigenvalue weighted by Gasteiger charge is 2.07. The number of nitrogens with zero attached hydrogens (tertiary/aromatic N) is 3. The van der Waals surface area contributed by atoms with Gasteiger partial charge in [-0.05, 0) is 25.1 Å². The molecule has 0 aliphatic rings. The van der Waals surface area contributed by atoms with E-state index in [0.717, 1.165) is 28.1 Å². The number of rotatable bonds is 1. The number of H-pyrrole nitrogens is 1. The zero-order valence-electron chi connectivity index (χ0n) is 8.81. The maximum absolute atomic E-state index is 4.51. The van der Waals surface area contributed by atoms with E-state index in [2.05, 4.69) is 19.9 Å². The molecule has 0 aliphatic heterocycles. The van der Waals surface area contributed by atoms with Gasteiger partial charge in [0, 0.05) is 23.7 Å². The molecule has 0 fully saturated rings. The van der Waals surface area contributed by atoms with Gasteiger partial charge >= 0.3 is 0 Å². The first-order valence-electron chi connectivity index (χ1n) is 5.06. The van der Waals surface area contributed by atoms with Gasteiger partial charge in [-0.1, -0.05) is 0 Å². The van der Waals surface area contributed by atoms with Crippen molar-refractivity contribution in [2.24, 2.45) is 0 Å². The highest BCUT2D eigenvalue weighted by Crippen LogP contribution is 2.21. The smallest absolute Gasteiger partial charge is 0.140 e. The van der Waals surface area contributed by atoms with Gasteiger partial charge in [0.1, 0.15) is 5.82 Å². The number of aryl methyl sites for hydroxylation is 1. The van der Waals surface area contributed by atoms with E-state index >= 15 is 0 Å². The van der Waals surface area contributed by atoms with Gasteiger partial charge < -0.3 is 4.98 Å². The molecule has 0 amide bonds. The predicted molar refractivity (Wildman–Crippen MR) is 61.9 cm³/mol. The van der Waals surface area contributed by atoms with E-state index in [9.17, 15) is 0 Å². The molecule has 3 aromatic rings. The average molecular weight is 210 g/mol. The third-order valence-corrected chi connectivity index (χ3v) is 2.55. The number of hydrogen-bond acceptors (Lipinski definition) is 3. The molecule has 4 nitrogen and oxygen atoms in total. The fraction of sp³-hybridized carbons (Fsp3) is 0.0833. The molecule has 78 valence electrons. The Labute approximate surface area is 92.4 Å². The van der Waals surface area contributed by atoms with Crippen LogP contribution < -0.4 is 0 Å². The van der Waals surface area contributed by atoms with Crippen molar-refractivity contribution in [3.8, 4) is 11.4 Å². The molecule has 4 heteroatoms. The summed E-state index contributed by atoms with van der Waals surface area (Å²) in [5.41, 5.74) is 3.86. The zero-order chi connectivity index (χ0) is 11.0. The first kappa shape index (κ1) is 9.03. The number of aromatic amines is 1. The van der Waals surface area contributed by atoms with Gasteiger partial charge in [0.15, 0.2) is 0 Å². The number of aromatic nitrogens is 4. The summed E-state index contributed by atoms with van der Waals surface area (Å²) in [7, 11) is 0. The van der Waals surface area contributed by atoms with E-state index in [0.29, 0.717) is 0 Å². The van der Waals surface area contributed by atoms with Gasteiger partial charge in [0.2, 0.25) is 0 Å². The van der Waals surface area contributed by atoms with Crippen LogP contribution in [0.5, 0.6) is 0 Å². The number of pyridine rings is 2. The normalized spacial score (nSPS) is 10.8. The van der Waals surface area contributed by atoms with Crippen molar-refractivity contribution in [3.05, 3.63) is 42.5 Å². The maximum Gasteiger partial charge on any atom is 0.140 e. The van der Waals surface area contributed by atoms with Crippen LogP contribution in [0.15, 0.2) is 36.8 Å². The molecular weight excluding hydrogens is 200 g/mol. The van der Waals surface area contributed by atoms with Crippen LogP contribution in [-0.2, 0) is 0 Å². The van der Waals surface area contributed by atoms with Crippen LogP contribution in [0.4, 0.5) is 0 Å². The Balaban J connectivity index is 2.23. The highest BCUT2D eigenvalue weighted by molar-refractivity contribution is 5.78. The summed E-state index contributed by atoms with van der Waals surface area (Å²) in [6.45, 7) is 1.97. The lowest BCUT2D eigenvalue weighted by atomic mass is 10.2. The SMILES string of the molecule is Cc1ncccc1-c1nc2ccncc2[nH]1. The molecule has 0 bridgehead atoms. The van der Waals surface area contributed by atoms with E-state index in [1.165, 1.54) is 0 Å². The molecule has 0 spiro atoms. The lowest BCUT2D eigenvalue weighted by Gasteiger charge is -1.99. The zero-order valence-corrected chi connectivity index (χ0v) is 8.81. The van der Waals surface area contributed by atoms with Crippen LogP contribution in [-0.4, -0.2) is 19.9 Å². The Morgan fingerprint density at radius 2 is 2.12 bits per heavy atom. The number of nitrogens with one attached hydrogen (secondary N) is 1. The van der Waals surface area contributed by atoms with Crippen LogP contribution in [0, 0.1) is 6.92 Å². The van der Waals surface area contributed by atoms with Crippen LogP contribution in [0.25, 0.3) is 22.4 Å². The molecule has 3 aromatic heterocycles. The van der Waals surface area contributed by atoms with Crippen LogP contribution >= 0.6 is 0 Å². The quantitative estimate of drug-likeness (QED) is 0.670. The van der Waals surface area contributed by atoms with Gasteiger partial charge in [-0.2, -0.15) is 0 Å². The molecule has 0 radical (unpaired) electrons. The van der Waals surface area contributed by atoms with Crippen molar-refractivity contribution in [2.75, 3.05) is 0 Å². The Bertz CT molecular complexity index is 609. The van der Waals surface area contributed by atoms with Crippen LogP contribution in [0.2, 0.25) is 0 Å². The summed E-state index contributed by atoms with van der Waals surface area (Å²) in [6, 6.07) is 5.81. The maximum atomic E-state index is 4.51. The monoisotopic (exact) mass is 210 g/mol. The van der Waals surface area contributed by atoms with E-state index in [-0.39, 0.29) is 0 Å². The van der Waals surface area contributed by atoms with E-state index in [4.69, 9.17) is 0 Å². The minimum absolute atomic E-state index is 0.841. The second-order valence-corrected chi connectivity index (χ2v) is 3.61. The molecule has 0 aromatic carbocycles. The van der Waals surface area contributed by atoms with Gasteiger partial charge in [0.05, 0.1) is 17.2 Å². The van der Waals surface area contributed by atoms with Crippen molar-refractivity contribution in [2.45, 2.75) is 6.92 Å². The topological polar surface area (TPSA) is 54.5 Å². The first-order chi connectivity index (χ1) is 7.84. The van der Waals surface area contributed by atoms with Crippen molar-refractivity contribution in [1.29, 1.82) is 0 Å². The fourth-order valence-corrected chi connectivity index (χ4v) is 1.72. The predicted octanol–water partition coefficient (Wildman–Crippen LogP) is 2.33. The Kier molecular flexibility index (Phi) is 1.93. The lowest BCUT2D eigenvalue weighted by molar-refractivity contribution is 1.18.